The first-order chi connectivity index (χ1) is 6.91. The van der Waals surface area contributed by atoms with E-state index in [2.05, 4.69) is 32.6 Å². The molecule has 2 fully saturated rings. The van der Waals surface area contributed by atoms with Crippen LogP contribution in [-0.2, 0) is 0 Å². The van der Waals surface area contributed by atoms with E-state index in [9.17, 15) is 0 Å². The van der Waals surface area contributed by atoms with Crippen molar-refractivity contribution in [3.63, 3.8) is 0 Å². The maximum absolute atomic E-state index is 2.73. The quantitative estimate of drug-likeness (QED) is 0.672. The van der Waals surface area contributed by atoms with Gasteiger partial charge in [0.05, 0.1) is 0 Å². The number of nitrogens with zero attached hydrogens (tertiary/aromatic N) is 1. The normalized spacial score (nSPS) is 34.4. The Hall–Kier alpha value is -0.0400. The molecule has 0 aromatic heterocycles. The average molecular weight is 209 g/mol. The molecular weight excluding hydrogens is 182 g/mol. The van der Waals surface area contributed by atoms with Gasteiger partial charge >= 0.3 is 0 Å². The highest BCUT2D eigenvalue weighted by Crippen LogP contribution is 2.45. The van der Waals surface area contributed by atoms with Crippen LogP contribution in [0.15, 0.2) is 0 Å². The van der Waals surface area contributed by atoms with E-state index in [4.69, 9.17) is 0 Å². The molecule has 1 unspecified atom stereocenters. The van der Waals surface area contributed by atoms with Crippen LogP contribution in [0.2, 0.25) is 0 Å². The Morgan fingerprint density at radius 1 is 1.27 bits per heavy atom. The molecule has 1 heteroatoms. The molecule has 1 atom stereocenters. The molecule has 0 spiro atoms. The summed E-state index contributed by atoms with van der Waals surface area (Å²) >= 11 is 0. The number of rotatable bonds is 2. The Morgan fingerprint density at radius 2 is 1.93 bits per heavy atom. The lowest BCUT2D eigenvalue weighted by molar-refractivity contribution is 0.00853. The molecule has 0 amide bonds. The van der Waals surface area contributed by atoms with Crippen LogP contribution in [0.1, 0.15) is 53.4 Å². The van der Waals surface area contributed by atoms with Gasteiger partial charge in [0.25, 0.3) is 0 Å². The summed E-state index contributed by atoms with van der Waals surface area (Å²) in [4.78, 5) is 2.73. The summed E-state index contributed by atoms with van der Waals surface area (Å²) in [6.45, 7) is 13.8. The Labute approximate surface area is 95.2 Å². The Kier molecular flexibility index (Phi) is 2.87. The van der Waals surface area contributed by atoms with Crippen molar-refractivity contribution < 1.29 is 0 Å². The van der Waals surface area contributed by atoms with Gasteiger partial charge in [-0.2, -0.15) is 0 Å². The molecule has 0 N–H and O–H groups in total. The first-order valence-corrected chi connectivity index (χ1v) is 6.63. The van der Waals surface area contributed by atoms with Crippen molar-refractivity contribution in [3.8, 4) is 0 Å². The van der Waals surface area contributed by atoms with Crippen LogP contribution in [0.25, 0.3) is 0 Å². The third kappa shape index (κ3) is 2.55. The molecule has 2 rings (SSSR count). The molecular formula is C14H27N. The van der Waals surface area contributed by atoms with Crippen LogP contribution in [0.3, 0.4) is 0 Å². The number of likely N-dealkylation sites (tertiary alicyclic amines) is 1. The van der Waals surface area contributed by atoms with Crippen LogP contribution in [0.5, 0.6) is 0 Å². The third-order valence-corrected chi connectivity index (χ3v) is 4.80. The van der Waals surface area contributed by atoms with Gasteiger partial charge in [0, 0.05) is 13.1 Å². The fourth-order valence-electron chi connectivity index (χ4n) is 2.78. The zero-order chi connectivity index (χ0) is 11.1. The standard InChI is InChI=1S/C14H27N/c1-13(2,3)14(4)8-5-9-15(11-14)10-12-6-7-12/h12H,5-11H2,1-4H3. The highest BCUT2D eigenvalue weighted by molar-refractivity contribution is 4.93. The fraction of sp³-hybridized carbons (Fsp3) is 1.00. The Balaban J connectivity index is 1.95. The molecule has 0 radical (unpaired) electrons. The SMILES string of the molecule is CC(C)(C)C1(C)CCCN(CC2CC2)C1. The van der Waals surface area contributed by atoms with E-state index in [1.165, 1.54) is 45.3 Å². The lowest BCUT2D eigenvalue weighted by Crippen LogP contribution is -2.48. The molecule has 0 bridgehead atoms. The summed E-state index contributed by atoms with van der Waals surface area (Å²) in [6, 6.07) is 0. The minimum absolute atomic E-state index is 0.454. The van der Waals surface area contributed by atoms with E-state index in [-0.39, 0.29) is 0 Å². The van der Waals surface area contributed by atoms with Gasteiger partial charge in [0.2, 0.25) is 0 Å². The van der Waals surface area contributed by atoms with Crippen molar-refractivity contribution in [1.29, 1.82) is 0 Å². The smallest absolute Gasteiger partial charge is 0.00405 e. The van der Waals surface area contributed by atoms with Crippen molar-refractivity contribution >= 4 is 0 Å². The fourth-order valence-corrected chi connectivity index (χ4v) is 2.78. The second-order valence-electron chi connectivity index (χ2n) is 7.09. The molecule has 1 saturated heterocycles. The predicted octanol–water partition coefficient (Wildman–Crippen LogP) is 3.54. The van der Waals surface area contributed by atoms with Crippen molar-refractivity contribution in [1.82, 2.24) is 4.90 Å². The molecule has 2 aliphatic rings. The van der Waals surface area contributed by atoms with Crippen molar-refractivity contribution in [3.05, 3.63) is 0 Å². The topological polar surface area (TPSA) is 3.24 Å². The van der Waals surface area contributed by atoms with Crippen LogP contribution < -0.4 is 0 Å². The summed E-state index contributed by atoms with van der Waals surface area (Å²) in [7, 11) is 0. The van der Waals surface area contributed by atoms with E-state index >= 15 is 0 Å². The largest absolute Gasteiger partial charge is 0.302 e. The third-order valence-electron chi connectivity index (χ3n) is 4.80. The van der Waals surface area contributed by atoms with Crippen LogP contribution >= 0.6 is 0 Å². The summed E-state index contributed by atoms with van der Waals surface area (Å²) in [5.74, 6) is 1.05. The van der Waals surface area contributed by atoms with Crippen LogP contribution in [0, 0.1) is 16.7 Å². The monoisotopic (exact) mass is 209 g/mol. The van der Waals surface area contributed by atoms with Crippen molar-refractivity contribution in [2.24, 2.45) is 16.7 Å². The van der Waals surface area contributed by atoms with Gasteiger partial charge in [0.1, 0.15) is 0 Å². The van der Waals surface area contributed by atoms with Gasteiger partial charge < -0.3 is 4.90 Å². The highest BCUT2D eigenvalue weighted by atomic mass is 15.1. The van der Waals surface area contributed by atoms with Crippen LogP contribution in [0.4, 0.5) is 0 Å². The Morgan fingerprint density at radius 3 is 2.47 bits per heavy atom. The van der Waals surface area contributed by atoms with Gasteiger partial charge in [0.15, 0.2) is 0 Å². The van der Waals surface area contributed by atoms with E-state index in [0.29, 0.717) is 10.8 Å². The predicted molar refractivity (Wildman–Crippen MR) is 66.0 cm³/mol. The zero-order valence-electron chi connectivity index (χ0n) is 11.0. The second kappa shape index (κ2) is 3.76. The average Bonchev–Trinajstić information content (AvgIpc) is 2.86. The van der Waals surface area contributed by atoms with Crippen molar-refractivity contribution in [2.45, 2.75) is 53.4 Å². The van der Waals surface area contributed by atoms with Gasteiger partial charge in [-0.05, 0) is 49.0 Å². The summed E-state index contributed by atoms with van der Waals surface area (Å²) < 4.78 is 0. The first-order valence-electron chi connectivity index (χ1n) is 6.63. The molecule has 1 heterocycles. The lowest BCUT2D eigenvalue weighted by atomic mass is 9.64. The summed E-state index contributed by atoms with van der Waals surface area (Å²) in [6.07, 6.45) is 5.80. The molecule has 1 nitrogen and oxygen atoms in total. The molecule has 0 aromatic rings. The number of hydrogen-bond donors (Lipinski definition) is 0. The first kappa shape index (κ1) is 11.4. The van der Waals surface area contributed by atoms with Gasteiger partial charge in [-0.15, -0.1) is 0 Å². The molecule has 1 aliphatic carbocycles. The minimum Gasteiger partial charge on any atom is -0.302 e. The summed E-state index contributed by atoms with van der Waals surface area (Å²) in [5.41, 5.74) is 0.982. The van der Waals surface area contributed by atoms with E-state index < -0.39 is 0 Å². The molecule has 1 saturated carbocycles. The maximum Gasteiger partial charge on any atom is 0.00405 e. The molecule has 15 heavy (non-hydrogen) atoms. The summed E-state index contributed by atoms with van der Waals surface area (Å²) in [5, 5.41) is 0. The van der Waals surface area contributed by atoms with E-state index in [0.717, 1.165) is 5.92 Å². The van der Waals surface area contributed by atoms with Gasteiger partial charge in [-0.25, -0.2) is 0 Å². The van der Waals surface area contributed by atoms with Gasteiger partial charge in [-0.1, -0.05) is 27.7 Å². The Bertz CT molecular complexity index is 224. The zero-order valence-corrected chi connectivity index (χ0v) is 11.0. The maximum atomic E-state index is 2.73. The highest BCUT2D eigenvalue weighted by Gasteiger charge is 2.41. The molecule has 88 valence electrons. The number of piperidine rings is 1. The second-order valence-corrected chi connectivity index (χ2v) is 7.09. The van der Waals surface area contributed by atoms with E-state index in [1.54, 1.807) is 0 Å². The number of hydrogen-bond acceptors (Lipinski definition) is 1. The van der Waals surface area contributed by atoms with E-state index in [1.807, 2.05) is 0 Å². The van der Waals surface area contributed by atoms with Crippen LogP contribution in [-0.4, -0.2) is 24.5 Å². The lowest BCUT2D eigenvalue weighted by Gasteiger charge is -2.49. The molecule has 1 aliphatic heterocycles. The molecule has 0 aromatic carbocycles. The minimum atomic E-state index is 0.454. The van der Waals surface area contributed by atoms with Crippen molar-refractivity contribution in [2.75, 3.05) is 19.6 Å². The van der Waals surface area contributed by atoms with Gasteiger partial charge in [-0.3, -0.25) is 0 Å².